The molecule has 0 aliphatic carbocycles. The molecule has 0 aliphatic heterocycles. The smallest absolute Gasteiger partial charge is 0.262 e. The highest BCUT2D eigenvalue weighted by Gasteiger charge is 2.17. The second-order valence-corrected chi connectivity index (χ2v) is 5.87. The third-order valence-corrected chi connectivity index (χ3v) is 4.20. The summed E-state index contributed by atoms with van der Waals surface area (Å²) in [6.45, 7) is 2.39. The van der Waals surface area contributed by atoms with Crippen LogP contribution >= 0.6 is 0 Å². The van der Waals surface area contributed by atoms with Gasteiger partial charge < -0.3 is 5.32 Å². The highest BCUT2D eigenvalue weighted by atomic mass is 32.2. The molecule has 7 heteroatoms. The third-order valence-electron chi connectivity index (χ3n) is 2.67. The average Bonchev–Trinajstić information content (AvgIpc) is 2.84. The van der Waals surface area contributed by atoms with Crippen molar-refractivity contribution in [2.45, 2.75) is 18.4 Å². The second-order valence-electron chi connectivity index (χ2n) is 4.22. The molecule has 0 bridgehead atoms. The molecule has 0 unspecified atom stereocenters. The maximum atomic E-state index is 12.3. The quantitative estimate of drug-likeness (QED) is 0.769. The first kappa shape index (κ1) is 13.6. The summed E-state index contributed by atoms with van der Waals surface area (Å²) in [6.07, 6.45) is 2.91. The molecular weight excluding hydrogens is 264 g/mol. The number of rotatable bonds is 5. The van der Waals surface area contributed by atoms with E-state index >= 15 is 0 Å². The summed E-state index contributed by atoms with van der Waals surface area (Å²) in [5.74, 6) is 0. The lowest BCUT2D eigenvalue weighted by Gasteiger charge is -2.10. The Labute approximate surface area is 112 Å². The van der Waals surface area contributed by atoms with Crippen LogP contribution in [0.25, 0.3) is 0 Å². The molecule has 19 heavy (non-hydrogen) atoms. The van der Waals surface area contributed by atoms with E-state index in [9.17, 15) is 8.42 Å². The molecule has 3 N–H and O–H groups in total. The molecule has 2 aromatic rings. The summed E-state index contributed by atoms with van der Waals surface area (Å²) in [7, 11) is -1.78. The number of hydrogen-bond acceptors (Lipinski definition) is 4. The van der Waals surface area contributed by atoms with Crippen molar-refractivity contribution in [2.75, 3.05) is 11.8 Å². The van der Waals surface area contributed by atoms with Gasteiger partial charge in [-0.05, 0) is 31.2 Å². The van der Waals surface area contributed by atoms with Gasteiger partial charge in [-0.3, -0.25) is 9.82 Å². The van der Waals surface area contributed by atoms with Crippen molar-refractivity contribution in [2.24, 2.45) is 0 Å². The molecule has 0 saturated carbocycles. The van der Waals surface area contributed by atoms with Crippen LogP contribution in [0.1, 0.15) is 11.1 Å². The summed E-state index contributed by atoms with van der Waals surface area (Å²) in [6, 6.07) is 5.38. The highest BCUT2D eigenvalue weighted by molar-refractivity contribution is 7.92. The maximum absolute atomic E-state index is 12.3. The summed E-state index contributed by atoms with van der Waals surface area (Å²) >= 11 is 0. The van der Waals surface area contributed by atoms with Crippen molar-refractivity contribution in [1.29, 1.82) is 0 Å². The van der Waals surface area contributed by atoms with E-state index in [1.165, 1.54) is 12.4 Å². The molecule has 0 spiro atoms. The largest absolute Gasteiger partial charge is 0.316 e. The van der Waals surface area contributed by atoms with Crippen molar-refractivity contribution >= 4 is 15.7 Å². The predicted octanol–water partition coefficient (Wildman–Crippen LogP) is 1.24. The molecular formula is C12H16N4O2S. The minimum absolute atomic E-state index is 0.279. The Bertz CT molecular complexity index is 650. The van der Waals surface area contributed by atoms with Gasteiger partial charge in [-0.1, -0.05) is 12.1 Å². The number of aromatic amines is 1. The van der Waals surface area contributed by atoms with E-state index in [2.05, 4.69) is 20.2 Å². The Hall–Kier alpha value is -1.86. The zero-order valence-electron chi connectivity index (χ0n) is 10.8. The van der Waals surface area contributed by atoms with Gasteiger partial charge in [0, 0.05) is 12.7 Å². The zero-order valence-corrected chi connectivity index (χ0v) is 11.6. The Kier molecular flexibility index (Phi) is 3.87. The van der Waals surface area contributed by atoms with Crippen LogP contribution in [0.4, 0.5) is 5.69 Å². The van der Waals surface area contributed by atoms with Gasteiger partial charge in [-0.25, -0.2) is 8.42 Å². The van der Waals surface area contributed by atoms with Crippen LogP contribution in [0.3, 0.4) is 0 Å². The average molecular weight is 280 g/mol. The van der Waals surface area contributed by atoms with E-state index in [-0.39, 0.29) is 4.90 Å². The van der Waals surface area contributed by atoms with Gasteiger partial charge >= 0.3 is 0 Å². The van der Waals surface area contributed by atoms with Crippen LogP contribution in [-0.2, 0) is 16.6 Å². The molecule has 102 valence electrons. The van der Waals surface area contributed by atoms with Crippen molar-refractivity contribution in [1.82, 2.24) is 15.5 Å². The first-order valence-corrected chi connectivity index (χ1v) is 7.27. The molecule has 0 radical (unpaired) electrons. The number of nitrogens with one attached hydrogen (secondary N) is 3. The number of nitrogens with zero attached hydrogens (tertiary/aromatic N) is 1. The van der Waals surface area contributed by atoms with Gasteiger partial charge in [0.25, 0.3) is 10.0 Å². The van der Waals surface area contributed by atoms with E-state index in [4.69, 9.17) is 0 Å². The van der Waals surface area contributed by atoms with Crippen LogP contribution < -0.4 is 10.0 Å². The Balaban J connectivity index is 2.36. The van der Waals surface area contributed by atoms with Crippen molar-refractivity contribution < 1.29 is 8.42 Å². The van der Waals surface area contributed by atoms with Gasteiger partial charge in [-0.2, -0.15) is 5.10 Å². The number of anilines is 1. The Morgan fingerprint density at radius 1 is 1.37 bits per heavy atom. The molecule has 0 fully saturated rings. The van der Waals surface area contributed by atoms with Crippen LogP contribution in [0.5, 0.6) is 0 Å². The number of aryl methyl sites for hydroxylation is 1. The molecule has 0 aliphatic rings. The molecule has 2 rings (SSSR count). The number of aromatic nitrogens is 2. The van der Waals surface area contributed by atoms with Gasteiger partial charge in [0.2, 0.25) is 0 Å². The molecule has 1 aromatic heterocycles. The maximum Gasteiger partial charge on any atom is 0.262 e. The van der Waals surface area contributed by atoms with Gasteiger partial charge in [0.15, 0.2) is 0 Å². The third kappa shape index (κ3) is 3.12. The zero-order chi connectivity index (χ0) is 13.9. The topological polar surface area (TPSA) is 86.9 Å². The van der Waals surface area contributed by atoms with E-state index in [1.54, 1.807) is 19.1 Å². The van der Waals surface area contributed by atoms with Gasteiger partial charge in [0.1, 0.15) is 0 Å². The molecule has 0 saturated heterocycles. The van der Waals surface area contributed by atoms with Crippen LogP contribution in [0, 0.1) is 6.92 Å². The Morgan fingerprint density at radius 3 is 2.79 bits per heavy atom. The first-order valence-electron chi connectivity index (χ1n) is 5.78. The summed E-state index contributed by atoms with van der Waals surface area (Å²) in [5.41, 5.74) is 2.04. The van der Waals surface area contributed by atoms with Crippen molar-refractivity contribution in [3.05, 3.63) is 41.7 Å². The monoisotopic (exact) mass is 280 g/mol. The fraction of sp³-hybridized carbons (Fsp3) is 0.250. The predicted molar refractivity (Wildman–Crippen MR) is 73.3 cm³/mol. The van der Waals surface area contributed by atoms with Gasteiger partial charge in [0.05, 0.1) is 16.8 Å². The molecule has 0 atom stereocenters. The van der Waals surface area contributed by atoms with E-state index < -0.39 is 10.0 Å². The lowest BCUT2D eigenvalue weighted by Crippen LogP contribution is -2.15. The second kappa shape index (κ2) is 5.41. The van der Waals surface area contributed by atoms with E-state index in [0.29, 0.717) is 17.8 Å². The lowest BCUT2D eigenvalue weighted by molar-refractivity contribution is 0.600. The van der Waals surface area contributed by atoms with Gasteiger partial charge in [-0.15, -0.1) is 0 Å². The van der Waals surface area contributed by atoms with Crippen LogP contribution in [-0.4, -0.2) is 25.7 Å². The SMILES string of the molecule is CNCc1ccc(C)c(S(=O)(=O)Nc2cn[nH]c2)c1. The summed E-state index contributed by atoms with van der Waals surface area (Å²) in [4.78, 5) is 0.279. The summed E-state index contributed by atoms with van der Waals surface area (Å²) in [5, 5.41) is 9.27. The fourth-order valence-electron chi connectivity index (χ4n) is 1.76. The minimum Gasteiger partial charge on any atom is -0.316 e. The minimum atomic E-state index is -3.59. The molecule has 0 amide bonds. The number of H-pyrrole nitrogens is 1. The van der Waals surface area contributed by atoms with Crippen molar-refractivity contribution in [3.8, 4) is 0 Å². The normalized spacial score (nSPS) is 11.5. The van der Waals surface area contributed by atoms with Crippen molar-refractivity contribution in [3.63, 3.8) is 0 Å². The first-order chi connectivity index (χ1) is 9.03. The highest BCUT2D eigenvalue weighted by Crippen LogP contribution is 2.20. The Morgan fingerprint density at radius 2 is 2.16 bits per heavy atom. The number of hydrogen-bond donors (Lipinski definition) is 3. The van der Waals surface area contributed by atoms with E-state index in [0.717, 1.165) is 5.56 Å². The lowest BCUT2D eigenvalue weighted by atomic mass is 10.1. The molecule has 1 aromatic carbocycles. The standard InChI is InChI=1S/C12H16N4O2S/c1-9-3-4-10(6-13-2)5-12(9)19(17,18)16-11-7-14-15-8-11/h3-5,7-8,13,16H,6H2,1-2H3,(H,14,15). The van der Waals surface area contributed by atoms with Crippen LogP contribution in [0.2, 0.25) is 0 Å². The number of sulfonamides is 1. The molecule has 1 heterocycles. The fourth-order valence-corrected chi connectivity index (χ4v) is 3.10. The summed E-state index contributed by atoms with van der Waals surface area (Å²) < 4.78 is 27.1. The van der Waals surface area contributed by atoms with Crippen LogP contribution in [0.15, 0.2) is 35.5 Å². The van der Waals surface area contributed by atoms with E-state index in [1.807, 2.05) is 13.1 Å². The number of benzene rings is 1. The molecule has 6 nitrogen and oxygen atoms in total.